The lowest BCUT2D eigenvalue weighted by Crippen LogP contribution is -2.40. The Morgan fingerprint density at radius 1 is 1.12 bits per heavy atom. The summed E-state index contributed by atoms with van der Waals surface area (Å²) >= 11 is 0. The van der Waals surface area contributed by atoms with Gasteiger partial charge in [-0.3, -0.25) is 10.1 Å². The quantitative estimate of drug-likeness (QED) is 0.497. The Kier molecular flexibility index (Phi) is 6.45. The van der Waals surface area contributed by atoms with Gasteiger partial charge in [-0.05, 0) is 49.4 Å². The van der Waals surface area contributed by atoms with Crippen molar-refractivity contribution in [2.75, 3.05) is 38.2 Å². The Hall–Kier alpha value is -2.56. The lowest BCUT2D eigenvalue weighted by molar-refractivity contribution is -0.385. The summed E-state index contributed by atoms with van der Waals surface area (Å²) in [6.45, 7) is 2.17. The van der Waals surface area contributed by atoms with Crippen LogP contribution in [0, 0.1) is 15.9 Å². The van der Waals surface area contributed by atoms with Gasteiger partial charge < -0.3 is 10.1 Å². The topological polar surface area (TPSA) is 102 Å². The van der Waals surface area contributed by atoms with E-state index in [4.69, 9.17) is 4.74 Å². The van der Waals surface area contributed by atoms with Gasteiger partial charge in [-0.2, -0.15) is 4.31 Å². The third-order valence-corrected chi connectivity index (χ3v) is 8.30. The van der Waals surface area contributed by atoms with Crippen LogP contribution in [-0.4, -0.2) is 50.5 Å². The lowest BCUT2D eigenvalue weighted by Gasteiger charge is -2.38. The average Bonchev–Trinajstić information content (AvgIpc) is 3.34. The van der Waals surface area contributed by atoms with Crippen molar-refractivity contribution < 1.29 is 22.5 Å². The number of halogens is 1. The zero-order chi connectivity index (χ0) is 22.8. The number of ether oxygens (including phenoxy) is 1. The zero-order valence-electron chi connectivity index (χ0n) is 17.6. The monoisotopic (exact) mass is 463 g/mol. The molecule has 172 valence electrons. The van der Waals surface area contributed by atoms with E-state index >= 15 is 0 Å². The molecule has 0 atom stereocenters. The maximum atomic E-state index is 14.0. The van der Waals surface area contributed by atoms with Crippen molar-refractivity contribution in [3.8, 4) is 0 Å². The molecule has 0 aliphatic carbocycles. The summed E-state index contributed by atoms with van der Waals surface area (Å²) in [7, 11) is -3.89. The highest BCUT2D eigenvalue weighted by Gasteiger charge is 2.36. The van der Waals surface area contributed by atoms with Crippen LogP contribution in [0.4, 0.5) is 15.8 Å². The van der Waals surface area contributed by atoms with Gasteiger partial charge in [-0.25, -0.2) is 12.8 Å². The molecular formula is C22H26FN3O5S. The molecule has 0 radical (unpaired) electrons. The first-order chi connectivity index (χ1) is 15.3. The van der Waals surface area contributed by atoms with Crippen LogP contribution in [0.5, 0.6) is 0 Å². The summed E-state index contributed by atoms with van der Waals surface area (Å²) in [5.74, 6) is -0.332. The van der Waals surface area contributed by atoms with E-state index in [1.54, 1.807) is 6.07 Å². The molecule has 2 saturated heterocycles. The molecular weight excluding hydrogens is 437 g/mol. The number of hydrogen-bond donors (Lipinski definition) is 1. The fraction of sp³-hybridized carbons (Fsp3) is 0.455. The zero-order valence-corrected chi connectivity index (χ0v) is 18.4. The number of sulfonamides is 1. The van der Waals surface area contributed by atoms with E-state index in [1.165, 1.54) is 28.6 Å². The lowest BCUT2D eigenvalue weighted by atomic mass is 9.74. The van der Waals surface area contributed by atoms with Crippen molar-refractivity contribution in [2.24, 2.45) is 0 Å². The van der Waals surface area contributed by atoms with Gasteiger partial charge in [0.05, 0.1) is 10.6 Å². The van der Waals surface area contributed by atoms with Crippen molar-refractivity contribution in [3.05, 3.63) is 64.0 Å². The van der Waals surface area contributed by atoms with Crippen molar-refractivity contribution >= 4 is 21.4 Å². The smallest absolute Gasteiger partial charge is 0.270 e. The van der Waals surface area contributed by atoms with E-state index in [-0.39, 0.29) is 16.4 Å². The van der Waals surface area contributed by atoms with Crippen molar-refractivity contribution in [1.29, 1.82) is 0 Å². The molecule has 2 aromatic carbocycles. The number of rotatable bonds is 7. The van der Waals surface area contributed by atoms with Gasteiger partial charge in [-0.15, -0.1) is 0 Å². The van der Waals surface area contributed by atoms with Crippen molar-refractivity contribution in [1.82, 2.24) is 4.31 Å². The molecule has 2 aliphatic rings. The molecule has 2 aliphatic heterocycles. The predicted molar refractivity (Wildman–Crippen MR) is 118 cm³/mol. The Labute approximate surface area is 186 Å². The highest BCUT2D eigenvalue weighted by Crippen LogP contribution is 2.37. The average molecular weight is 464 g/mol. The fourth-order valence-electron chi connectivity index (χ4n) is 4.46. The molecule has 2 fully saturated rings. The fourth-order valence-corrected chi connectivity index (χ4v) is 6.17. The van der Waals surface area contributed by atoms with Crippen molar-refractivity contribution in [3.63, 3.8) is 0 Å². The number of nitrogens with one attached hydrogen (secondary N) is 1. The molecule has 8 nitrogen and oxygen atoms in total. The largest absolute Gasteiger partial charge is 0.383 e. The number of nitro groups is 1. The third kappa shape index (κ3) is 4.48. The minimum absolute atomic E-state index is 0.102. The van der Waals surface area contributed by atoms with E-state index in [9.17, 15) is 22.9 Å². The molecule has 10 heteroatoms. The molecule has 0 saturated carbocycles. The highest BCUT2D eigenvalue weighted by atomic mass is 32.2. The molecule has 0 bridgehead atoms. The van der Waals surface area contributed by atoms with Crippen LogP contribution >= 0.6 is 0 Å². The van der Waals surface area contributed by atoms with Gasteiger partial charge in [0.25, 0.3) is 5.69 Å². The summed E-state index contributed by atoms with van der Waals surface area (Å²) in [5.41, 5.74) is 0.403. The van der Waals surface area contributed by atoms with E-state index in [0.717, 1.165) is 24.5 Å². The van der Waals surface area contributed by atoms with Crippen LogP contribution in [0.3, 0.4) is 0 Å². The normalized spacial score (nSPS) is 19.0. The molecule has 0 unspecified atom stereocenters. The highest BCUT2D eigenvalue weighted by molar-refractivity contribution is 7.89. The van der Waals surface area contributed by atoms with Gasteiger partial charge in [-0.1, -0.05) is 12.1 Å². The van der Waals surface area contributed by atoms with E-state index in [2.05, 4.69) is 5.32 Å². The van der Waals surface area contributed by atoms with E-state index in [1.807, 2.05) is 6.07 Å². The van der Waals surface area contributed by atoms with Gasteiger partial charge in [0.15, 0.2) is 0 Å². The second kappa shape index (κ2) is 9.13. The standard InChI is InChI=1S/C22H26FN3O5S/c23-18-5-3-4-17(14-18)22(8-12-31-13-9-22)16-24-20-7-6-19(26(27)28)15-21(20)32(29,30)25-10-1-2-11-25/h3-7,14-15,24H,1-2,8-13,16H2. The second-order valence-corrected chi connectivity index (χ2v) is 10.2. The minimum atomic E-state index is -3.89. The molecule has 4 rings (SSSR count). The Morgan fingerprint density at radius 2 is 1.84 bits per heavy atom. The van der Waals surface area contributed by atoms with Gasteiger partial charge in [0.1, 0.15) is 10.7 Å². The summed E-state index contributed by atoms with van der Waals surface area (Å²) in [6, 6.07) is 10.3. The first-order valence-electron chi connectivity index (χ1n) is 10.7. The molecule has 32 heavy (non-hydrogen) atoms. The van der Waals surface area contributed by atoms with Crippen LogP contribution in [0.2, 0.25) is 0 Å². The van der Waals surface area contributed by atoms with Crippen molar-refractivity contribution in [2.45, 2.75) is 36.0 Å². The van der Waals surface area contributed by atoms with Crippen LogP contribution in [0.25, 0.3) is 0 Å². The Morgan fingerprint density at radius 3 is 2.50 bits per heavy atom. The number of nitro benzene ring substituents is 1. The van der Waals surface area contributed by atoms with Gasteiger partial charge in [0, 0.05) is 50.4 Å². The van der Waals surface area contributed by atoms with E-state index < -0.39 is 20.4 Å². The van der Waals surface area contributed by atoms with Crippen LogP contribution in [0.15, 0.2) is 47.4 Å². The first-order valence-corrected chi connectivity index (χ1v) is 12.1. The maximum absolute atomic E-state index is 14.0. The predicted octanol–water partition coefficient (Wildman–Crippen LogP) is 3.68. The first kappa shape index (κ1) is 22.6. The number of nitrogens with zero attached hydrogens (tertiary/aromatic N) is 2. The summed E-state index contributed by atoms with van der Waals surface area (Å²) in [5, 5.41) is 14.5. The van der Waals surface area contributed by atoms with Crippen LogP contribution in [-0.2, 0) is 20.2 Å². The number of non-ortho nitro benzene ring substituents is 1. The summed E-state index contributed by atoms with van der Waals surface area (Å²) in [6.07, 6.45) is 2.81. The summed E-state index contributed by atoms with van der Waals surface area (Å²) in [4.78, 5) is 10.6. The molecule has 1 N–H and O–H groups in total. The van der Waals surface area contributed by atoms with Gasteiger partial charge >= 0.3 is 0 Å². The number of anilines is 1. The number of hydrogen-bond acceptors (Lipinski definition) is 6. The Balaban J connectivity index is 1.69. The molecule has 2 heterocycles. The molecule has 0 aromatic heterocycles. The van der Waals surface area contributed by atoms with Crippen LogP contribution in [0.1, 0.15) is 31.2 Å². The SMILES string of the molecule is O=[N+]([O-])c1ccc(NCC2(c3cccc(F)c3)CCOCC2)c(S(=O)(=O)N2CCCC2)c1. The second-order valence-electron chi connectivity index (χ2n) is 8.31. The maximum Gasteiger partial charge on any atom is 0.270 e. The van der Waals surface area contributed by atoms with Gasteiger partial charge in [0.2, 0.25) is 10.0 Å². The number of benzene rings is 2. The summed E-state index contributed by atoms with van der Waals surface area (Å²) < 4.78 is 47.4. The minimum Gasteiger partial charge on any atom is -0.383 e. The van der Waals surface area contributed by atoms with Crippen LogP contribution < -0.4 is 5.32 Å². The Bertz CT molecular complexity index is 1100. The molecule has 2 aromatic rings. The molecule has 0 spiro atoms. The molecule has 0 amide bonds. The van der Waals surface area contributed by atoms with E-state index in [0.29, 0.717) is 51.4 Å². The third-order valence-electron chi connectivity index (χ3n) is 6.36.